The van der Waals surface area contributed by atoms with Gasteiger partial charge in [-0.25, -0.2) is 0 Å². The summed E-state index contributed by atoms with van der Waals surface area (Å²) in [6, 6.07) is 12.3. The van der Waals surface area contributed by atoms with Crippen molar-refractivity contribution in [2.75, 3.05) is 0 Å². The van der Waals surface area contributed by atoms with Crippen molar-refractivity contribution in [1.29, 1.82) is 0 Å². The van der Waals surface area contributed by atoms with Crippen molar-refractivity contribution >= 4 is 11.6 Å². The first-order valence-corrected chi connectivity index (χ1v) is 6.45. The normalized spacial score (nSPS) is 12.5. The minimum atomic E-state index is -0.122. The van der Waals surface area contributed by atoms with Crippen LogP contribution in [0, 0.1) is 20.8 Å². The third kappa shape index (κ3) is 2.58. The van der Waals surface area contributed by atoms with Gasteiger partial charge in [-0.05, 0) is 49.1 Å². The van der Waals surface area contributed by atoms with Gasteiger partial charge in [-0.1, -0.05) is 47.5 Å². The molecule has 0 saturated heterocycles. The number of hydrogen-bond donors (Lipinski definition) is 1. The summed E-state index contributed by atoms with van der Waals surface area (Å²) in [5, 5.41) is 0.771. The largest absolute Gasteiger partial charge is 0.320 e. The monoisotopic (exact) mass is 259 g/mol. The van der Waals surface area contributed by atoms with E-state index in [0.29, 0.717) is 0 Å². The molecule has 0 aliphatic rings. The van der Waals surface area contributed by atoms with Crippen LogP contribution in [-0.4, -0.2) is 0 Å². The minimum Gasteiger partial charge on any atom is -0.320 e. The number of hydrogen-bond acceptors (Lipinski definition) is 1. The molecule has 2 aromatic rings. The van der Waals surface area contributed by atoms with Crippen LogP contribution in [0.15, 0.2) is 36.4 Å². The third-order valence-corrected chi connectivity index (χ3v) is 3.72. The van der Waals surface area contributed by atoms with Gasteiger partial charge in [0.15, 0.2) is 0 Å². The number of benzene rings is 2. The maximum absolute atomic E-state index is 6.33. The Hall–Kier alpha value is -1.31. The molecule has 2 heteroatoms. The highest BCUT2D eigenvalue weighted by Gasteiger charge is 2.12. The molecule has 94 valence electrons. The lowest BCUT2D eigenvalue weighted by molar-refractivity contribution is 0.860. The zero-order chi connectivity index (χ0) is 13.3. The van der Waals surface area contributed by atoms with Crippen molar-refractivity contribution in [3.05, 3.63) is 69.2 Å². The second kappa shape index (κ2) is 5.13. The SMILES string of the molecule is Cc1ccc(C(N)c2ccc(C)c(Cl)c2)c(C)c1. The Bertz CT molecular complexity index is 575. The maximum Gasteiger partial charge on any atom is 0.0554 e. The summed E-state index contributed by atoms with van der Waals surface area (Å²) in [5.41, 5.74) is 12.1. The van der Waals surface area contributed by atoms with Crippen molar-refractivity contribution in [3.63, 3.8) is 0 Å². The second-order valence-corrected chi connectivity index (χ2v) is 5.25. The topological polar surface area (TPSA) is 26.0 Å². The molecule has 0 spiro atoms. The van der Waals surface area contributed by atoms with Gasteiger partial charge in [-0.3, -0.25) is 0 Å². The first-order valence-electron chi connectivity index (χ1n) is 6.08. The average molecular weight is 260 g/mol. The molecule has 2 aromatic carbocycles. The predicted octanol–water partition coefficient (Wildman–Crippen LogP) is 4.31. The van der Waals surface area contributed by atoms with Gasteiger partial charge in [0.05, 0.1) is 6.04 Å². The van der Waals surface area contributed by atoms with Crippen LogP contribution in [0.2, 0.25) is 5.02 Å². The number of nitrogens with two attached hydrogens (primary N) is 1. The second-order valence-electron chi connectivity index (χ2n) is 4.85. The summed E-state index contributed by atoms with van der Waals surface area (Å²) in [5.74, 6) is 0. The Kier molecular flexibility index (Phi) is 3.74. The lowest BCUT2D eigenvalue weighted by Gasteiger charge is -2.16. The van der Waals surface area contributed by atoms with Crippen LogP contribution in [0.4, 0.5) is 0 Å². The molecular weight excluding hydrogens is 242 g/mol. The van der Waals surface area contributed by atoms with Crippen molar-refractivity contribution in [2.45, 2.75) is 26.8 Å². The van der Waals surface area contributed by atoms with Gasteiger partial charge in [0.1, 0.15) is 0 Å². The van der Waals surface area contributed by atoms with Crippen LogP contribution in [0.25, 0.3) is 0 Å². The number of aryl methyl sites for hydroxylation is 3. The van der Waals surface area contributed by atoms with Crippen molar-refractivity contribution < 1.29 is 0 Å². The average Bonchev–Trinajstić information content (AvgIpc) is 2.32. The fourth-order valence-electron chi connectivity index (χ4n) is 2.16. The maximum atomic E-state index is 6.33. The molecule has 1 unspecified atom stereocenters. The molecule has 18 heavy (non-hydrogen) atoms. The molecule has 0 aromatic heterocycles. The van der Waals surface area contributed by atoms with Crippen molar-refractivity contribution in [1.82, 2.24) is 0 Å². The molecule has 2 rings (SSSR count). The van der Waals surface area contributed by atoms with Gasteiger partial charge in [0.2, 0.25) is 0 Å². The summed E-state index contributed by atoms with van der Waals surface area (Å²) >= 11 is 6.15. The Labute approximate surface area is 114 Å². The molecule has 0 bridgehead atoms. The Balaban J connectivity index is 2.41. The molecule has 1 atom stereocenters. The number of rotatable bonds is 2. The summed E-state index contributed by atoms with van der Waals surface area (Å²) in [6.45, 7) is 6.18. The molecule has 0 fully saturated rings. The first-order chi connectivity index (χ1) is 8.49. The van der Waals surface area contributed by atoms with Crippen LogP contribution in [0.3, 0.4) is 0 Å². The Morgan fingerprint density at radius 2 is 1.67 bits per heavy atom. The summed E-state index contributed by atoms with van der Waals surface area (Å²) in [6.07, 6.45) is 0. The van der Waals surface area contributed by atoms with E-state index in [4.69, 9.17) is 17.3 Å². The van der Waals surface area contributed by atoms with Crippen LogP contribution in [0.1, 0.15) is 33.9 Å². The minimum absolute atomic E-state index is 0.122. The lowest BCUT2D eigenvalue weighted by atomic mass is 9.94. The van der Waals surface area contributed by atoms with Crippen molar-refractivity contribution in [3.8, 4) is 0 Å². The summed E-state index contributed by atoms with van der Waals surface area (Å²) in [7, 11) is 0. The highest BCUT2D eigenvalue weighted by molar-refractivity contribution is 6.31. The van der Waals surface area contributed by atoms with Crippen molar-refractivity contribution in [2.24, 2.45) is 5.73 Å². The molecule has 2 N–H and O–H groups in total. The van der Waals surface area contributed by atoms with E-state index in [1.165, 1.54) is 11.1 Å². The summed E-state index contributed by atoms with van der Waals surface area (Å²) < 4.78 is 0. The molecule has 0 aliphatic carbocycles. The van der Waals surface area contributed by atoms with Crippen LogP contribution >= 0.6 is 11.6 Å². The van der Waals surface area contributed by atoms with Gasteiger partial charge >= 0.3 is 0 Å². The third-order valence-electron chi connectivity index (χ3n) is 3.32. The Morgan fingerprint density at radius 3 is 2.28 bits per heavy atom. The van der Waals surface area contributed by atoms with E-state index in [2.05, 4.69) is 32.0 Å². The van der Waals surface area contributed by atoms with E-state index >= 15 is 0 Å². The van der Waals surface area contributed by atoms with Gasteiger partial charge in [0, 0.05) is 5.02 Å². The Morgan fingerprint density at radius 1 is 0.944 bits per heavy atom. The highest BCUT2D eigenvalue weighted by atomic mass is 35.5. The van der Waals surface area contributed by atoms with E-state index in [-0.39, 0.29) is 6.04 Å². The standard InChI is InChI=1S/C16H18ClN/c1-10-4-7-14(12(3)8-10)16(18)13-6-5-11(2)15(17)9-13/h4-9,16H,18H2,1-3H3. The first kappa shape index (κ1) is 13.1. The highest BCUT2D eigenvalue weighted by Crippen LogP contribution is 2.26. The zero-order valence-corrected chi connectivity index (χ0v) is 11.8. The van der Waals surface area contributed by atoms with Crippen LogP contribution in [-0.2, 0) is 0 Å². The molecule has 0 amide bonds. The van der Waals surface area contributed by atoms with Crippen LogP contribution in [0.5, 0.6) is 0 Å². The molecule has 0 radical (unpaired) electrons. The molecule has 0 aliphatic heterocycles. The van der Waals surface area contributed by atoms with Gasteiger partial charge in [-0.15, -0.1) is 0 Å². The molecular formula is C16H18ClN. The number of halogens is 1. The van der Waals surface area contributed by atoms with Gasteiger partial charge < -0.3 is 5.73 Å². The summed E-state index contributed by atoms with van der Waals surface area (Å²) in [4.78, 5) is 0. The van der Waals surface area contributed by atoms with Gasteiger partial charge in [-0.2, -0.15) is 0 Å². The predicted molar refractivity (Wildman–Crippen MR) is 78.1 cm³/mol. The van der Waals surface area contributed by atoms with E-state index in [9.17, 15) is 0 Å². The molecule has 1 nitrogen and oxygen atoms in total. The van der Waals surface area contributed by atoms with Crippen LogP contribution < -0.4 is 5.73 Å². The fourth-order valence-corrected chi connectivity index (χ4v) is 2.35. The van der Waals surface area contributed by atoms with Gasteiger partial charge in [0.25, 0.3) is 0 Å². The zero-order valence-electron chi connectivity index (χ0n) is 11.0. The van der Waals surface area contributed by atoms with E-state index in [1.807, 2.05) is 25.1 Å². The lowest BCUT2D eigenvalue weighted by Crippen LogP contribution is -2.13. The van der Waals surface area contributed by atoms with E-state index in [1.54, 1.807) is 0 Å². The fraction of sp³-hybridized carbons (Fsp3) is 0.250. The van der Waals surface area contributed by atoms with E-state index < -0.39 is 0 Å². The quantitative estimate of drug-likeness (QED) is 0.854. The molecule has 0 saturated carbocycles. The van der Waals surface area contributed by atoms with E-state index in [0.717, 1.165) is 21.7 Å². The molecule has 0 heterocycles. The smallest absolute Gasteiger partial charge is 0.0554 e.